The van der Waals surface area contributed by atoms with Crippen LogP contribution in [0.25, 0.3) is 0 Å². The molecule has 1 fully saturated rings. The summed E-state index contributed by atoms with van der Waals surface area (Å²) in [6, 6.07) is 5.86. The van der Waals surface area contributed by atoms with E-state index in [1.165, 1.54) is 36.4 Å². The molecular weight excluding hydrogens is 336 g/mol. The monoisotopic (exact) mass is 356 g/mol. The summed E-state index contributed by atoms with van der Waals surface area (Å²) in [6.07, 6.45) is 3.77. The Morgan fingerprint density at radius 1 is 1.42 bits per heavy atom. The van der Waals surface area contributed by atoms with Crippen LogP contribution in [0.1, 0.15) is 47.3 Å². The Bertz CT molecular complexity index is 889. The SMILES string of the molecule is COC(=O)C1(C)c2ccc(C3CC3)cc2NC1Cn1cc(C(=O)O)nn1. The number of esters is 1. The maximum absolute atomic E-state index is 12.6. The molecule has 1 saturated carbocycles. The third kappa shape index (κ3) is 2.53. The minimum absolute atomic E-state index is 0.128. The predicted octanol–water partition coefficient (Wildman–Crippen LogP) is 1.78. The summed E-state index contributed by atoms with van der Waals surface area (Å²) in [5, 5.41) is 19.9. The van der Waals surface area contributed by atoms with Gasteiger partial charge in [0.1, 0.15) is 5.41 Å². The summed E-state index contributed by atoms with van der Waals surface area (Å²) in [4.78, 5) is 23.7. The number of aromatic nitrogens is 3. The highest BCUT2D eigenvalue weighted by Crippen LogP contribution is 2.47. The molecule has 2 heterocycles. The van der Waals surface area contributed by atoms with Crippen LogP contribution in [0.5, 0.6) is 0 Å². The molecule has 136 valence electrons. The third-order valence-corrected chi connectivity index (χ3v) is 5.42. The molecule has 0 bridgehead atoms. The Labute approximate surface area is 150 Å². The first-order valence-corrected chi connectivity index (χ1v) is 8.56. The summed E-state index contributed by atoms with van der Waals surface area (Å²) in [5.41, 5.74) is 2.05. The smallest absolute Gasteiger partial charge is 0.358 e. The van der Waals surface area contributed by atoms with Gasteiger partial charge in [-0.15, -0.1) is 5.10 Å². The van der Waals surface area contributed by atoms with E-state index in [1.54, 1.807) is 0 Å². The van der Waals surface area contributed by atoms with Crippen molar-refractivity contribution in [2.75, 3.05) is 12.4 Å². The van der Waals surface area contributed by atoms with Gasteiger partial charge < -0.3 is 15.2 Å². The van der Waals surface area contributed by atoms with Gasteiger partial charge in [0, 0.05) is 5.69 Å². The maximum Gasteiger partial charge on any atom is 0.358 e. The zero-order chi connectivity index (χ0) is 18.5. The first kappa shape index (κ1) is 16.6. The second-order valence-electron chi connectivity index (χ2n) is 7.10. The van der Waals surface area contributed by atoms with Crippen molar-refractivity contribution >= 4 is 17.6 Å². The van der Waals surface area contributed by atoms with Gasteiger partial charge in [-0.25, -0.2) is 9.48 Å². The number of nitrogens with one attached hydrogen (secondary N) is 1. The number of fused-ring (bicyclic) bond motifs is 1. The molecule has 8 heteroatoms. The van der Waals surface area contributed by atoms with Gasteiger partial charge in [-0.05, 0) is 42.9 Å². The number of benzene rings is 1. The number of carboxylic acid groups (broad SMARTS) is 1. The molecule has 1 aromatic heterocycles. The molecule has 4 rings (SSSR count). The van der Waals surface area contributed by atoms with Crippen molar-refractivity contribution < 1.29 is 19.4 Å². The number of methoxy groups -OCH3 is 1. The number of carbonyl (C=O) groups is 2. The number of carboxylic acids is 1. The van der Waals surface area contributed by atoms with Gasteiger partial charge in [-0.1, -0.05) is 17.3 Å². The molecule has 2 N–H and O–H groups in total. The second-order valence-corrected chi connectivity index (χ2v) is 7.10. The molecule has 0 saturated heterocycles. The predicted molar refractivity (Wildman–Crippen MR) is 92.2 cm³/mol. The highest BCUT2D eigenvalue weighted by Gasteiger charge is 2.50. The van der Waals surface area contributed by atoms with E-state index in [0.29, 0.717) is 12.5 Å². The van der Waals surface area contributed by atoms with Crippen LogP contribution in [0.3, 0.4) is 0 Å². The Kier molecular flexibility index (Phi) is 3.71. The molecule has 1 aliphatic heterocycles. The summed E-state index contributed by atoms with van der Waals surface area (Å²) in [5.74, 6) is -0.866. The number of hydrogen-bond acceptors (Lipinski definition) is 6. The van der Waals surface area contributed by atoms with E-state index < -0.39 is 11.4 Å². The Morgan fingerprint density at radius 3 is 2.81 bits per heavy atom. The van der Waals surface area contributed by atoms with Crippen LogP contribution < -0.4 is 5.32 Å². The van der Waals surface area contributed by atoms with Crippen molar-refractivity contribution in [3.8, 4) is 0 Å². The van der Waals surface area contributed by atoms with E-state index in [-0.39, 0.29) is 17.7 Å². The zero-order valence-corrected chi connectivity index (χ0v) is 14.6. The molecule has 1 aromatic carbocycles. The lowest BCUT2D eigenvalue weighted by atomic mass is 9.78. The minimum Gasteiger partial charge on any atom is -0.476 e. The fourth-order valence-electron chi connectivity index (χ4n) is 3.69. The number of hydrogen-bond donors (Lipinski definition) is 2. The van der Waals surface area contributed by atoms with E-state index >= 15 is 0 Å². The van der Waals surface area contributed by atoms with Crippen molar-refractivity contribution in [3.63, 3.8) is 0 Å². The molecule has 26 heavy (non-hydrogen) atoms. The van der Waals surface area contributed by atoms with Crippen LogP contribution in [0.4, 0.5) is 5.69 Å². The topological polar surface area (TPSA) is 106 Å². The van der Waals surface area contributed by atoms with Crippen molar-refractivity contribution in [2.45, 2.75) is 43.7 Å². The van der Waals surface area contributed by atoms with Crippen molar-refractivity contribution in [1.29, 1.82) is 0 Å². The van der Waals surface area contributed by atoms with Crippen LogP contribution in [0.2, 0.25) is 0 Å². The summed E-state index contributed by atoms with van der Waals surface area (Å²) >= 11 is 0. The summed E-state index contributed by atoms with van der Waals surface area (Å²) in [7, 11) is 1.37. The molecule has 2 aliphatic rings. The molecule has 2 atom stereocenters. The number of rotatable bonds is 5. The first-order chi connectivity index (χ1) is 12.4. The first-order valence-electron chi connectivity index (χ1n) is 8.56. The van der Waals surface area contributed by atoms with E-state index in [1.807, 2.05) is 13.0 Å². The number of aromatic carboxylic acids is 1. The van der Waals surface area contributed by atoms with Gasteiger partial charge in [0.05, 0.1) is 25.9 Å². The highest BCUT2D eigenvalue weighted by molar-refractivity contribution is 5.89. The van der Waals surface area contributed by atoms with Gasteiger partial charge in [0.25, 0.3) is 0 Å². The third-order valence-electron chi connectivity index (χ3n) is 5.42. The largest absolute Gasteiger partial charge is 0.476 e. The van der Waals surface area contributed by atoms with E-state index in [2.05, 4.69) is 27.8 Å². The Morgan fingerprint density at radius 2 is 2.19 bits per heavy atom. The molecular formula is C18H20N4O4. The number of ether oxygens (including phenoxy) is 1. The zero-order valence-electron chi connectivity index (χ0n) is 14.6. The van der Waals surface area contributed by atoms with Gasteiger partial charge >= 0.3 is 11.9 Å². The van der Waals surface area contributed by atoms with Gasteiger partial charge in [0.15, 0.2) is 5.69 Å². The molecule has 1 aliphatic carbocycles. The van der Waals surface area contributed by atoms with Crippen LogP contribution in [-0.2, 0) is 21.5 Å². The number of carbonyl (C=O) groups excluding carboxylic acids is 1. The Hall–Kier alpha value is -2.90. The van der Waals surface area contributed by atoms with Gasteiger partial charge in [0.2, 0.25) is 0 Å². The molecule has 2 aromatic rings. The number of anilines is 1. The quantitative estimate of drug-likeness (QED) is 0.787. The van der Waals surface area contributed by atoms with E-state index in [9.17, 15) is 9.59 Å². The molecule has 0 spiro atoms. The van der Waals surface area contributed by atoms with Crippen LogP contribution in [0, 0.1) is 0 Å². The Balaban J connectivity index is 1.68. The van der Waals surface area contributed by atoms with Gasteiger partial charge in [-0.3, -0.25) is 4.79 Å². The summed E-state index contributed by atoms with van der Waals surface area (Å²) < 4.78 is 6.52. The van der Waals surface area contributed by atoms with Crippen molar-refractivity contribution in [3.05, 3.63) is 41.2 Å². The maximum atomic E-state index is 12.6. The van der Waals surface area contributed by atoms with E-state index in [0.717, 1.165) is 11.3 Å². The number of nitrogens with zero attached hydrogens (tertiary/aromatic N) is 3. The lowest BCUT2D eigenvalue weighted by Crippen LogP contribution is -2.46. The fourth-order valence-corrected chi connectivity index (χ4v) is 3.69. The molecule has 2 unspecified atom stereocenters. The molecule has 8 nitrogen and oxygen atoms in total. The molecule has 0 radical (unpaired) electrons. The van der Waals surface area contributed by atoms with Crippen LogP contribution in [-0.4, -0.2) is 45.2 Å². The summed E-state index contributed by atoms with van der Waals surface area (Å²) in [6.45, 7) is 2.13. The van der Waals surface area contributed by atoms with Crippen LogP contribution in [0.15, 0.2) is 24.4 Å². The lowest BCUT2D eigenvalue weighted by Gasteiger charge is -2.28. The average Bonchev–Trinajstić information content (AvgIpc) is 3.31. The normalized spacial score (nSPS) is 24.0. The van der Waals surface area contributed by atoms with Crippen molar-refractivity contribution in [2.24, 2.45) is 0 Å². The highest BCUT2D eigenvalue weighted by atomic mass is 16.5. The fraction of sp³-hybridized carbons (Fsp3) is 0.444. The average molecular weight is 356 g/mol. The lowest BCUT2D eigenvalue weighted by molar-refractivity contribution is -0.147. The minimum atomic E-state index is -1.14. The second kappa shape index (κ2) is 5.82. The van der Waals surface area contributed by atoms with Crippen molar-refractivity contribution in [1.82, 2.24) is 15.0 Å². The standard InChI is InChI=1S/C18H20N4O4/c1-18(17(25)26-2)12-6-5-11(10-3-4-10)7-13(12)19-15(18)9-22-8-14(16(23)24)20-21-22/h5-8,10,15,19H,3-4,9H2,1-2H3,(H,23,24). The van der Waals surface area contributed by atoms with Gasteiger partial charge in [-0.2, -0.15) is 0 Å². The molecule has 0 amide bonds. The van der Waals surface area contributed by atoms with E-state index in [4.69, 9.17) is 9.84 Å². The van der Waals surface area contributed by atoms with Crippen LogP contribution >= 0.6 is 0 Å².